The maximum atomic E-state index is 13.1. The van der Waals surface area contributed by atoms with E-state index in [0.717, 1.165) is 10.4 Å². The van der Waals surface area contributed by atoms with Crippen LogP contribution in [0.2, 0.25) is 0 Å². The fraction of sp³-hybridized carbons (Fsp3) is 0.316. The highest BCUT2D eigenvalue weighted by Crippen LogP contribution is 2.34. The monoisotopic (exact) mass is 404 g/mol. The largest absolute Gasteiger partial charge is 0.298 e. The van der Waals surface area contributed by atoms with Crippen molar-refractivity contribution in [3.8, 4) is 10.4 Å². The normalized spacial score (nSPS) is 11.8. The summed E-state index contributed by atoms with van der Waals surface area (Å²) in [4.78, 5) is 31.9. The molecular weight excluding hydrogens is 384 g/mol. The Labute approximate surface area is 164 Å². The first-order valence-corrected chi connectivity index (χ1v) is 10.9. The van der Waals surface area contributed by atoms with Gasteiger partial charge in [-0.1, -0.05) is 44.7 Å². The van der Waals surface area contributed by atoms with Crippen molar-refractivity contribution in [2.45, 2.75) is 32.5 Å². The summed E-state index contributed by atoms with van der Waals surface area (Å²) in [5.41, 5.74) is 0.443. The Bertz CT molecular complexity index is 1010. The van der Waals surface area contributed by atoms with E-state index in [1.165, 1.54) is 23.1 Å². The van der Waals surface area contributed by atoms with Crippen LogP contribution in [0.25, 0.3) is 20.7 Å². The van der Waals surface area contributed by atoms with E-state index in [2.05, 4.69) is 11.6 Å². The predicted molar refractivity (Wildman–Crippen MR) is 113 cm³/mol. The number of carbonyl (C=O) groups is 1. The zero-order valence-corrected chi connectivity index (χ0v) is 17.4. The second-order valence-corrected chi connectivity index (χ2v) is 9.62. The molecule has 0 saturated carbocycles. The van der Waals surface area contributed by atoms with Crippen LogP contribution in [-0.2, 0) is 11.3 Å². The van der Waals surface area contributed by atoms with Gasteiger partial charge in [0.05, 0.1) is 11.1 Å². The fourth-order valence-corrected chi connectivity index (χ4v) is 5.34. The van der Waals surface area contributed by atoms with Crippen LogP contribution in [0.1, 0.15) is 20.8 Å². The van der Waals surface area contributed by atoms with Gasteiger partial charge in [-0.05, 0) is 11.4 Å². The van der Waals surface area contributed by atoms with Crippen LogP contribution in [0.4, 0.5) is 0 Å². The molecule has 0 fully saturated rings. The lowest BCUT2D eigenvalue weighted by molar-refractivity contribution is -0.123. The van der Waals surface area contributed by atoms with E-state index in [1.807, 2.05) is 43.7 Å². The molecule has 136 valence electrons. The van der Waals surface area contributed by atoms with Crippen LogP contribution in [0.5, 0.6) is 0 Å². The third-order valence-electron chi connectivity index (χ3n) is 3.93. The molecule has 26 heavy (non-hydrogen) atoms. The number of carbonyl (C=O) groups excluding carboxylic acids is 1. The number of rotatable bonds is 6. The topological polar surface area (TPSA) is 52.0 Å². The summed E-state index contributed by atoms with van der Waals surface area (Å²) in [6, 6.07) is 3.98. The number of hydrogen-bond acceptors (Lipinski definition) is 6. The fourth-order valence-electron chi connectivity index (χ4n) is 2.37. The molecule has 0 atom stereocenters. The summed E-state index contributed by atoms with van der Waals surface area (Å²) in [5.74, 6) is 0.425. The summed E-state index contributed by atoms with van der Waals surface area (Å²) >= 11 is 4.39. The van der Waals surface area contributed by atoms with Gasteiger partial charge in [0.25, 0.3) is 5.56 Å². The zero-order chi connectivity index (χ0) is 18.9. The van der Waals surface area contributed by atoms with Gasteiger partial charge in [-0.3, -0.25) is 14.2 Å². The third kappa shape index (κ3) is 3.70. The molecule has 3 rings (SSSR count). The number of ketones is 1. The van der Waals surface area contributed by atoms with Crippen molar-refractivity contribution in [1.29, 1.82) is 0 Å². The number of aromatic nitrogens is 2. The molecular formula is C19H20N2O2S3. The number of fused-ring (bicyclic) bond motifs is 1. The number of nitrogens with zero attached hydrogens (tertiary/aromatic N) is 2. The molecule has 0 aliphatic carbocycles. The van der Waals surface area contributed by atoms with Crippen LogP contribution in [-0.4, -0.2) is 21.1 Å². The van der Waals surface area contributed by atoms with Gasteiger partial charge in [0.15, 0.2) is 5.16 Å². The minimum Gasteiger partial charge on any atom is -0.298 e. The molecule has 0 aliphatic rings. The molecule has 3 heterocycles. The third-order valence-corrected chi connectivity index (χ3v) is 6.68. The lowest BCUT2D eigenvalue weighted by Gasteiger charge is -2.16. The van der Waals surface area contributed by atoms with E-state index in [0.29, 0.717) is 27.7 Å². The molecule has 4 nitrogen and oxygen atoms in total. The van der Waals surface area contributed by atoms with E-state index in [4.69, 9.17) is 0 Å². The Morgan fingerprint density at radius 2 is 2.15 bits per heavy atom. The molecule has 0 unspecified atom stereocenters. The number of thiophene rings is 2. The Hall–Kier alpha value is -1.70. The Morgan fingerprint density at radius 1 is 1.38 bits per heavy atom. The number of allylic oxidation sites excluding steroid dienone is 1. The molecule has 0 N–H and O–H groups in total. The number of Topliss-reactive ketones (excluding diaryl/α,β-unsaturated/α-hetero) is 1. The molecule has 3 aromatic heterocycles. The predicted octanol–water partition coefficient (Wildman–Crippen LogP) is 5.08. The molecule has 0 saturated heterocycles. The van der Waals surface area contributed by atoms with Crippen LogP contribution >= 0.6 is 34.4 Å². The number of thioether (sulfide) groups is 1. The van der Waals surface area contributed by atoms with Crippen LogP contribution in [0.15, 0.2) is 45.5 Å². The zero-order valence-electron chi connectivity index (χ0n) is 14.9. The highest BCUT2D eigenvalue weighted by Gasteiger charge is 2.23. The van der Waals surface area contributed by atoms with Gasteiger partial charge in [0.2, 0.25) is 0 Å². The molecule has 0 bridgehead atoms. The SMILES string of the molecule is C=CCn1c(SCC(=O)C(C)(C)C)nc2scc(-c3cccs3)c2c1=O. The van der Waals surface area contributed by atoms with Crippen molar-refractivity contribution >= 4 is 50.4 Å². The van der Waals surface area contributed by atoms with Crippen molar-refractivity contribution < 1.29 is 4.79 Å². The Morgan fingerprint density at radius 3 is 2.77 bits per heavy atom. The molecule has 3 aromatic rings. The highest BCUT2D eigenvalue weighted by atomic mass is 32.2. The van der Waals surface area contributed by atoms with Crippen molar-refractivity contribution in [1.82, 2.24) is 9.55 Å². The molecule has 0 radical (unpaired) electrons. The second kappa shape index (κ2) is 7.50. The van der Waals surface area contributed by atoms with E-state index in [-0.39, 0.29) is 11.3 Å². The van der Waals surface area contributed by atoms with Crippen LogP contribution in [0, 0.1) is 5.41 Å². The highest BCUT2D eigenvalue weighted by molar-refractivity contribution is 7.99. The second-order valence-electron chi connectivity index (χ2n) is 6.87. The average Bonchev–Trinajstić information content (AvgIpc) is 3.23. The van der Waals surface area contributed by atoms with Crippen LogP contribution < -0.4 is 5.56 Å². The minimum atomic E-state index is -0.407. The summed E-state index contributed by atoms with van der Waals surface area (Å²) in [7, 11) is 0. The van der Waals surface area contributed by atoms with Gasteiger partial charge in [-0.15, -0.1) is 29.3 Å². The molecule has 7 heteroatoms. The smallest absolute Gasteiger partial charge is 0.263 e. The first-order chi connectivity index (χ1) is 12.3. The van der Waals surface area contributed by atoms with Gasteiger partial charge >= 0.3 is 0 Å². The molecule has 0 aromatic carbocycles. The summed E-state index contributed by atoms with van der Waals surface area (Å²) < 4.78 is 1.61. The van der Waals surface area contributed by atoms with Gasteiger partial charge in [-0.25, -0.2) is 4.98 Å². The standard InChI is InChI=1S/C19H20N2O2S3/c1-5-8-21-17(23)15-12(13-7-6-9-24-13)10-25-16(15)20-18(21)26-11-14(22)19(2,3)4/h5-7,9-10H,1,8,11H2,2-4H3. The summed E-state index contributed by atoms with van der Waals surface area (Å²) in [6.07, 6.45) is 1.68. The minimum absolute atomic E-state index is 0.0785. The maximum absolute atomic E-state index is 13.1. The van der Waals surface area contributed by atoms with Crippen molar-refractivity contribution in [3.05, 3.63) is 45.9 Å². The van der Waals surface area contributed by atoms with Crippen LogP contribution in [0.3, 0.4) is 0 Å². The lowest BCUT2D eigenvalue weighted by Crippen LogP contribution is -2.25. The van der Waals surface area contributed by atoms with Crippen molar-refractivity contribution in [3.63, 3.8) is 0 Å². The van der Waals surface area contributed by atoms with E-state index < -0.39 is 5.41 Å². The quantitative estimate of drug-likeness (QED) is 0.327. The maximum Gasteiger partial charge on any atom is 0.263 e. The summed E-state index contributed by atoms with van der Waals surface area (Å²) in [6.45, 7) is 9.82. The first kappa shape index (κ1) is 19.1. The van der Waals surface area contributed by atoms with Gasteiger partial charge < -0.3 is 0 Å². The Kier molecular flexibility index (Phi) is 5.50. The molecule has 0 amide bonds. The van der Waals surface area contributed by atoms with E-state index >= 15 is 0 Å². The van der Waals surface area contributed by atoms with E-state index in [1.54, 1.807) is 22.0 Å². The molecule has 0 spiro atoms. The van der Waals surface area contributed by atoms with E-state index in [9.17, 15) is 9.59 Å². The van der Waals surface area contributed by atoms with Gasteiger partial charge in [-0.2, -0.15) is 0 Å². The number of hydrogen-bond donors (Lipinski definition) is 0. The summed E-state index contributed by atoms with van der Waals surface area (Å²) in [5, 5.41) is 5.19. The van der Waals surface area contributed by atoms with Gasteiger partial charge in [0.1, 0.15) is 10.6 Å². The Balaban J connectivity index is 2.07. The first-order valence-electron chi connectivity index (χ1n) is 8.16. The average molecular weight is 405 g/mol. The van der Waals surface area contributed by atoms with Crippen molar-refractivity contribution in [2.75, 3.05) is 5.75 Å². The lowest BCUT2D eigenvalue weighted by atomic mass is 9.92. The van der Waals surface area contributed by atoms with Crippen molar-refractivity contribution in [2.24, 2.45) is 5.41 Å². The molecule has 0 aliphatic heterocycles. The van der Waals surface area contributed by atoms with Gasteiger partial charge in [0, 0.05) is 27.8 Å².